The van der Waals surface area contributed by atoms with Crippen molar-refractivity contribution in [3.63, 3.8) is 0 Å². The number of aromatic nitrogens is 1. The summed E-state index contributed by atoms with van der Waals surface area (Å²) in [4.78, 5) is 17.0. The molecule has 1 aliphatic rings. The molecule has 1 saturated heterocycles. The standard InChI is InChI=1S/C10H14N3.3CH3.Sn/c1-12-6-8-13(9-7-12)10-4-2-3-5-11-10;;;;/h2-4H,6-9H2,1H3;3*1H3;. The Kier molecular flexibility index (Phi) is 3.98. The van der Waals surface area contributed by atoms with Crippen LogP contribution in [0.4, 0.5) is 5.82 Å². The molecule has 3 nitrogen and oxygen atoms in total. The molecule has 0 aromatic carbocycles. The zero-order valence-corrected chi connectivity index (χ0v) is 14.3. The van der Waals surface area contributed by atoms with Gasteiger partial charge in [0, 0.05) is 0 Å². The first kappa shape index (κ1) is 13.1. The fraction of sp³-hybridized carbons (Fsp3) is 0.615. The summed E-state index contributed by atoms with van der Waals surface area (Å²) in [7, 11) is 2.19. The Labute approximate surface area is 109 Å². The summed E-state index contributed by atoms with van der Waals surface area (Å²) in [6, 6.07) is 6.56. The van der Waals surface area contributed by atoms with E-state index in [1.165, 1.54) is 9.53 Å². The molecule has 0 atom stereocenters. The molecule has 1 fully saturated rings. The zero-order chi connectivity index (χ0) is 12.5. The molecule has 4 heteroatoms. The van der Waals surface area contributed by atoms with Crippen molar-refractivity contribution in [3.05, 3.63) is 18.2 Å². The summed E-state index contributed by atoms with van der Waals surface area (Å²) in [5.41, 5.74) is 0. The minimum absolute atomic E-state index is 1.10. The number of hydrogen-bond acceptors (Lipinski definition) is 3. The Bertz CT molecular complexity index is 378. The number of anilines is 1. The third kappa shape index (κ3) is 3.34. The van der Waals surface area contributed by atoms with E-state index in [1.807, 2.05) is 0 Å². The van der Waals surface area contributed by atoms with E-state index in [4.69, 9.17) is 4.98 Å². The Hall–Kier alpha value is -0.291. The Morgan fingerprint density at radius 1 is 1.06 bits per heavy atom. The van der Waals surface area contributed by atoms with Crippen molar-refractivity contribution in [2.24, 2.45) is 0 Å². The number of rotatable bonds is 2. The molecule has 2 heterocycles. The number of pyridine rings is 1. The number of likely N-dealkylation sites (N-methyl/N-ethyl adjacent to an activating group) is 1. The predicted octanol–water partition coefficient (Wildman–Crippen LogP) is 1.38. The van der Waals surface area contributed by atoms with Crippen molar-refractivity contribution in [2.75, 3.05) is 38.1 Å². The average Bonchev–Trinajstić information content (AvgIpc) is 2.29. The van der Waals surface area contributed by atoms with Gasteiger partial charge in [0.15, 0.2) is 0 Å². The molecular formula is C13H23N3Sn. The van der Waals surface area contributed by atoms with Gasteiger partial charge in [-0.15, -0.1) is 0 Å². The second-order valence-corrected chi connectivity index (χ2v) is 20.2. The second kappa shape index (κ2) is 5.14. The molecule has 0 aliphatic carbocycles. The van der Waals surface area contributed by atoms with E-state index in [9.17, 15) is 0 Å². The van der Waals surface area contributed by atoms with Gasteiger partial charge >= 0.3 is 109 Å². The molecule has 0 saturated carbocycles. The van der Waals surface area contributed by atoms with Crippen LogP contribution in [0.2, 0.25) is 14.8 Å². The Morgan fingerprint density at radius 2 is 1.71 bits per heavy atom. The van der Waals surface area contributed by atoms with Gasteiger partial charge in [0.25, 0.3) is 0 Å². The van der Waals surface area contributed by atoms with Crippen molar-refractivity contribution >= 4 is 27.9 Å². The van der Waals surface area contributed by atoms with E-state index in [2.05, 4.69) is 49.9 Å². The van der Waals surface area contributed by atoms with Crippen molar-refractivity contribution < 1.29 is 0 Å². The van der Waals surface area contributed by atoms with E-state index >= 15 is 0 Å². The third-order valence-corrected chi connectivity index (χ3v) is 8.51. The van der Waals surface area contributed by atoms with E-state index in [0.717, 1.165) is 26.2 Å². The quantitative estimate of drug-likeness (QED) is 0.759. The van der Waals surface area contributed by atoms with Crippen LogP contribution in [0.3, 0.4) is 0 Å². The maximum absolute atomic E-state index is 4.89. The van der Waals surface area contributed by atoms with Gasteiger partial charge in [-0.05, 0) is 0 Å². The van der Waals surface area contributed by atoms with Crippen molar-refractivity contribution in [1.29, 1.82) is 0 Å². The van der Waals surface area contributed by atoms with Gasteiger partial charge in [-0.3, -0.25) is 0 Å². The summed E-state index contributed by atoms with van der Waals surface area (Å²) < 4.78 is 1.38. The Morgan fingerprint density at radius 3 is 2.29 bits per heavy atom. The zero-order valence-electron chi connectivity index (χ0n) is 11.4. The number of piperazine rings is 1. The minimum atomic E-state index is -2.02. The molecule has 0 unspecified atom stereocenters. The molecule has 17 heavy (non-hydrogen) atoms. The van der Waals surface area contributed by atoms with E-state index in [0.29, 0.717) is 0 Å². The maximum atomic E-state index is 4.89. The van der Waals surface area contributed by atoms with Gasteiger partial charge in [0.2, 0.25) is 0 Å². The molecule has 1 aromatic rings. The molecule has 2 rings (SSSR count). The normalized spacial score (nSPS) is 18.5. The molecule has 0 radical (unpaired) electrons. The van der Waals surface area contributed by atoms with Gasteiger partial charge in [-0.2, -0.15) is 0 Å². The van der Waals surface area contributed by atoms with Crippen LogP contribution in [0.1, 0.15) is 0 Å². The van der Waals surface area contributed by atoms with Crippen LogP contribution < -0.4 is 8.61 Å². The first-order chi connectivity index (χ1) is 7.97. The third-order valence-electron chi connectivity index (χ3n) is 3.33. The van der Waals surface area contributed by atoms with Gasteiger partial charge in [-0.1, -0.05) is 0 Å². The SMILES string of the molecule is CN1CCN(c2ccc[c]([Sn]([CH3])([CH3])[CH3])n2)CC1. The molecule has 0 bridgehead atoms. The summed E-state index contributed by atoms with van der Waals surface area (Å²) in [6.07, 6.45) is 0. The number of hydrogen-bond donors (Lipinski definition) is 0. The van der Waals surface area contributed by atoms with Crippen LogP contribution in [0.15, 0.2) is 18.2 Å². The molecule has 0 N–H and O–H groups in total. The van der Waals surface area contributed by atoms with E-state index in [1.54, 1.807) is 0 Å². The summed E-state index contributed by atoms with van der Waals surface area (Å²) >= 11 is -2.02. The van der Waals surface area contributed by atoms with Crippen LogP contribution in [-0.2, 0) is 0 Å². The monoisotopic (exact) mass is 341 g/mol. The molecule has 1 aliphatic heterocycles. The van der Waals surface area contributed by atoms with Crippen LogP contribution in [0.25, 0.3) is 0 Å². The van der Waals surface area contributed by atoms with Crippen molar-refractivity contribution in [3.8, 4) is 0 Å². The Balaban J connectivity index is 2.16. The summed E-state index contributed by atoms with van der Waals surface area (Å²) in [5.74, 6) is 1.18. The van der Waals surface area contributed by atoms with Crippen LogP contribution >= 0.6 is 0 Å². The molecule has 94 valence electrons. The fourth-order valence-electron chi connectivity index (χ4n) is 2.05. The average molecular weight is 340 g/mol. The molecule has 0 amide bonds. The number of nitrogens with zero attached hydrogens (tertiary/aromatic N) is 3. The van der Waals surface area contributed by atoms with Crippen molar-refractivity contribution in [2.45, 2.75) is 14.8 Å². The topological polar surface area (TPSA) is 19.4 Å². The van der Waals surface area contributed by atoms with Crippen molar-refractivity contribution in [1.82, 2.24) is 9.88 Å². The first-order valence-corrected chi connectivity index (χ1v) is 16.4. The van der Waals surface area contributed by atoms with E-state index in [-0.39, 0.29) is 0 Å². The summed E-state index contributed by atoms with van der Waals surface area (Å²) in [6.45, 7) is 4.49. The first-order valence-electron chi connectivity index (χ1n) is 6.38. The van der Waals surface area contributed by atoms with Gasteiger partial charge in [-0.25, -0.2) is 0 Å². The molecule has 0 spiro atoms. The fourth-order valence-corrected chi connectivity index (χ4v) is 5.04. The van der Waals surface area contributed by atoms with Gasteiger partial charge in [0.05, 0.1) is 0 Å². The van der Waals surface area contributed by atoms with Crippen LogP contribution in [0.5, 0.6) is 0 Å². The second-order valence-electron chi connectivity index (χ2n) is 5.92. The van der Waals surface area contributed by atoms with E-state index < -0.39 is 18.4 Å². The van der Waals surface area contributed by atoms with Crippen LogP contribution in [-0.4, -0.2) is 61.5 Å². The summed E-state index contributed by atoms with van der Waals surface area (Å²) in [5, 5.41) is 0. The van der Waals surface area contributed by atoms with Gasteiger partial charge in [0.1, 0.15) is 0 Å². The molecule has 1 aromatic heterocycles. The van der Waals surface area contributed by atoms with Gasteiger partial charge < -0.3 is 0 Å². The van der Waals surface area contributed by atoms with Crippen LogP contribution in [0, 0.1) is 0 Å². The molecular weight excluding hydrogens is 317 g/mol. The predicted molar refractivity (Wildman–Crippen MR) is 76.9 cm³/mol.